The number of nitrogens with zero attached hydrogens (tertiary/aromatic N) is 1. The number of aromatic nitrogens is 1. The minimum atomic E-state index is 0. The van der Waals surface area contributed by atoms with Crippen LogP contribution in [-0.2, 0) is 32.7 Å². The molecule has 0 amide bonds. The average Bonchev–Trinajstić information content (AvgIpc) is 3.21. The Labute approximate surface area is 176 Å². The summed E-state index contributed by atoms with van der Waals surface area (Å²) < 4.78 is 2.40. The van der Waals surface area contributed by atoms with Gasteiger partial charge in [0.05, 0.1) is 11.0 Å². The first-order chi connectivity index (χ1) is 12.4. The molecule has 4 aromatic carbocycles. The van der Waals surface area contributed by atoms with Gasteiger partial charge in [-0.05, 0) is 17.0 Å². The molecule has 2 aromatic heterocycles. The Hall–Kier alpha value is -2.22. The van der Waals surface area contributed by atoms with Crippen LogP contribution < -0.4 is 0 Å². The van der Waals surface area contributed by atoms with Crippen molar-refractivity contribution in [1.29, 1.82) is 0 Å². The minimum Gasteiger partial charge on any atom is -0.327 e. The molecule has 0 bridgehead atoms. The van der Waals surface area contributed by atoms with Gasteiger partial charge in [-0.25, -0.2) is 11.1 Å². The van der Waals surface area contributed by atoms with E-state index in [0.717, 1.165) is 11.1 Å². The Morgan fingerprint density at radius 1 is 0.615 bits per heavy atom. The smallest absolute Gasteiger partial charge is 0.0523 e. The Morgan fingerprint density at radius 2 is 1.42 bits per heavy atom. The zero-order valence-corrected chi connectivity index (χ0v) is 16.9. The molecule has 119 valence electrons. The van der Waals surface area contributed by atoms with Crippen LogP contribution in [0.15, 0.2) is 78.9 Å². The summed E-state index contributed by atoms with van der Waals surface area (Å²) >= 11 is 0. The van der Waals surface area contributed by atoms with Crippen molar-refractivity contribution in [3.63, 3.8) is 0 Å². The van der Waals surface area contributed by atoms with Crippen LogP contribution in [0.5, 0.6) is 0 Å². The molecule has 0 aliphatic carbocycles. The van der Waals surface area contributed by atoms with Crippen molar-refractivity contribution < 1.29 is 32.7 Å². The molecule has 0 unspecified atom stereocenters. The molecule has 6 aromatic rings. The second-order valence-electron chi connectivity index (χ2n) is 6.44. The van der Waals surface area contributed by atoms with Crippen molar-refractivity contribution >= 4 is 38.1 Å². The zero-order valence-electron chi connectivity index (χ0n) is 14.0. The van der Waals surface area contributed by atoms with Crippen molar-refractivity contribution in [2.45, 2.75) is 0 Å². The predicted molar refractivity (Wildman–Crippen MR) is 104 cm³/mol. The largest absolute Gasteiger partial charge is 0.327 e. The Kier molecular flexibility index (Phi) is 3.63. The standard InChI is InChI=1S/C24H13N.Y/c1-2-8-16(9-3-1)17-11-7-15-22-23(17)20-13-6-12-19-18-10-4-5-14-21(18)25(22)24(19)20;/h1-8,10,12-15H;/q-2;. The van der Waals surface area contributed by atoms with Crippen molar-refractivity contribution in [2.24, 2.45) is 0 Å². The second kappa shape index (κ2) is 5.91. The van der Waals surface area contributed by atoms with E-state index in [0.29, 0.717) is 0 Å². The maximum atomic E-state index is 3.46. The fraction of sp³-hybridized carbons (Fsp3) is 0. The third-order valence-corrected chi connectivity index (χ3v) is 5.16. The molecule has 2 heterocycles. The molecule has 0 atom stereocenters. The summed E-state index contributed by atoms with van der Waals surface area (Å²) in [6, 6.07) is 34.4. The summed E-state index contributed by atoms with van der Waals surface area (Å²) in [5.74, 6) is 0. The Balaban J connectivity index is 0.00000150. The van der Waals surface area contributed by atoms with Crippen LogP contribution in [0, 0.1) is 12.1 Å². The van der Waals surface area contributed by atoms with Gasteiger partial charge in [0.25, 0.3) is 0 Å². The summed E-state index contributed by atoms with van der Waals surface area (Å²) in [6.45, 7) is 0. The van der Waals surface area contributed by atoms with Crippen molar-refractivity contribution in [1.82, 2.24) is 4.40 Å². The summed E-state index contributed by atoms with van der Waals surface area (Å²) in [6.07, 6.45) is 0. The summed E-state index contributed by atoms with van der Waals surface area (Å²) in [5, 5.41) is 5.17. The molecular formula is C24H13NY-2. The number of hydrogen-bond acceptors (Lipinski definition) is 0. The van der Waals surface area contributed by atoms with Gasteiger partial charge in [-0.3, -0.25) is 0 Å². The predicted octanol–water partition coefficient (Wildman–Crippen LogP) is 6.10. The fourth-order valence-corrected chi connectivity index (χ4v) is 4.18. The minimum absolute atomic E-state index is 0. The van der Waals surface area contributed by atoms with Crippen LogP contribution >= 0.6 is 0 Å². The number of fused-ring (bicyclic) bond motifs is 6. The molecule has 2 heteroatoms. The summed E-state index contributed by atoms with van der Waals surface area (Å²) in [7, 11) is 0. The van der Waals surface area contributed by atoms with Crippen LogP contribution in [0.25, 0.3) is 49.2 Å². The van der Waals surface area contributed by atoms with Gasteiger partial charge in [0.1, 0.15) is 0 Å². The van der Waals surface area contributed by atoms with Crippen LogP contribution in [0.3, 0.4) is 0 Å². The van der Waals surface area contributed by atoms with E-state index in [4.69, 9.17) is 0 Å². The Morgan fingerprint density at radius 3 is 2.31 bits per heavy atom. The van der Waals surface area contributed by atoms with E-state index >= 15 is 0 Å². The first-order valence-corrected chi connectivity index (χ1v) is 8.48. The van der Waals surface area contributed by atoms with E-state index in [9.17, 15) is 0 Å². The quantitative estimate of drug-likeness (QED) is 0.292. The van der Waals surface area contributed by atoms with Crippen LogP contribution in [0.1, 0.15) is 0 Å². The topological polar surface area (TPSA) is 4.41 Å². The van der Waals surface area contributed by atoms with Crippen LogP contribution in [0.4, 0.5) is 0 Å². The average molecular weight is 404 g/mol. The fourth-order valence-electron chi connectivity index (χ4n) is 4.18. The normalized spacial score (nSPS) is 11.5. The monoisotopic (exact) mass is 404 g/mol. The molecular weight excluding hydrogens is 391 g/mol. The number of benzene rings is 4. The number of hydrogen-bond donors (Lipinski definition) is 0. The molecule has 1 radical (unpaired) electrons. The molecule has 0 fully saturated rings. The molecule has 0 saturated carbocycles. The zero-order chi connectivity index (χ0) is 16.4. The van der Waals surface area contributed by atoms with Gasteiger partial charge < -0.3 is 4.40 Å². The maximum absolute atomic E-state index is 3.46. The SMILES string of the molecule is [Y].[c-]1ccccc1-c1[c-]ccc2c1c1cccc3c4ccccc4n2c31. The molecule has 0 saturated heterocycles. The van der Waals surface area contributed by atoms with Gasteiger partial charge in [-0.15, -0.1) is 17.5 Å². The molecule has 6 rings (SSSR count). The first kappa shape index (κ1) is 16.0. The van der Waals surface area contributed by atoms with E-state index in [-0.39, 0.29) is 32.7 Å². The number of para-hydroxylation sites is 2. The van der Waals surface area contributed by atoms with Crippen molar-refractivity contribution in [2.75, 3.05) is 0 Å². The molecule has 0 aliphatic heterocycles. The molecule has 26 heavy (non-hydrogen) atoms. The van der Waals surface area contributed by atoms with Gasteiger partial charge in [0.15, 0.2) is 0 Å². The van der Waals surface area contributed by atoms with E-state index < -0.39 is 0 Å². The third-order valence-electron chi connectivity index (χ3n) is 5.16. The molecule has 0 N–H and O–H groups in total. The van der Waals surface area contributed by atoms with Crippen molar-refractivity contribution in [3.05, 3.63) is 91.0 Å². The third kappa shape index (κ3) is 1.99. The first-order valence-electron chi connectivity index (χ1n) is 8.48. The van der Waals surface area contributed by atoms with Gasteiger partial charge in [-0.1, -0.05) is 36.4 Å². The van der Waals surface area contributed by atoms with Gasteiger partial charge >= 0.3 is 0 Å². The Bertz CT molecular complexity index is 1380. The summed E-state index contributed by atoms with van der Waals surface area (Å²) in [4.78, 5) is 0. The molecule has 0 spiro atoms. The van der Waals surface area contributed by atoms with E-state index in [1.807, 2.05) is 18.2 Å². The van der Waals surface area contributed by atoms with E-state index in [1.54, 1.807) is 0 Å². The molecule has 0 aliphatic rings. The van der Waals surface area contributed by atoms with E-state index in [1.165, 1.54) is 38.1 Å². The van der Waals surface area contributed by atoms with Gasteiger partial charge in [0.2, 0.25) is 0 Å². The van der Waals surface area contributed by atoms with Crippen LogP contribution in [-0.4, -0.2) is 4.40 Å². The van der Waals surface area contributed by atoms with Crippen LogP contribution in [0.2, 0.25) is 0 Å². The van der Waals surface area contributed by atoms with Crippen molar-refractivity contribution in [3.8, 4) is 11.1 Å². The van der Waals surface area contributed by atoms with E-state index in [2.05, 4.69) is 77.2 Å². The maximum Gasteiger partial charge on any atom is 0.0523 e. The number of rotatable bonds is 1. The van der Waals surface area contributed by atoms with Gasteiger partial charge in [-0.2, -0.15) is 36.4 Å². The second-order valence-corrected chi connectivity index (χ2v) is 6.44. The summed E-state index contributed by atoms with van der Waals surface area (Å²) in [5.41, 5.74) is 6.01. The molecule has 1 nitrogen and oxygen atoms in total. The van der Waals surface area contributed by atoms with Gasteiger partial charge in [0, 0.05) is 43.5 Å².